The number of fused-ring (bicyclic) bond motifs is 2. The zero-order valence-corrected chi connectivity index (χ0v) is 11.2. The largest absolute Gasteiger partial charge is 0.370 e. The van der Waals surface area contributed by atoms with Gasteiger partial charge in [0.2, 0.25) is 5.91 Å². The van der Waals surface area contributed by atoms with E-state index in [-0.39, 0.29) is 12.5 Å². The van der Waals surface area contributed by atoms with E-state index in [0.717, 1.165) is 6.54 Å². The predicted molar refractivity (Wildman–Crippen MR) is 70.2 cm³/mol. The minimum atomic E-state index is -0.385. The molecule has 2 aliphatic rings. The summed E-state index contributed by atoms with van der Waals surface area (Å²) in [6.45, 7) is 1.58. The molecule has 1 amide bonds. The van der Waals surface area contributed by atoms with Gasteiger partial charge >= 0.3 is 0 Å². The van der Waals surface area contributed by atoms with Crippen molar-refractivity contribution in [3.63, 3.8) is 0 Å². The molecule has 2 atom stereocenters. The first-order valence-corrected chi connectivity index (χ1v) is 6.99. The molecule has 0 saturated carbocycles. The van der Waals surface area contributed by atoms with Crippen molar-refractivity contribution in [2.75, 3.05) is 26.8 Å². The molecule has 104 valence electrons. The summed E-state index contributed by atoms with van der Waals surface area (Å²) in [6.07, 6.45) is 6.42. The summed E-state index contributed by atoms with van der Waals surface area (Å²) < 4.78 is 5.28. The maximum atomic E-state index is 10.6. The highest BCUT2D eigenvalue weighted by atomic mass is 16.5. The second-order valence-corrected chi connectivity index (χ2v) is 5.45. The van der Waals surface area contributed by atoms with Gasteiger partial charge in [0.05, 0.1) is 6.61 Å². The van der Waals surface area contributed by atoms with Gasteiger partial charge < -0.3 is 15.8 Å². The van der Waals surface area contributed by atoms with E-state index in [1.807, 2.05) is 0 Å². The lowest BCUT2D eigenvalue weighted by Crippen LogP contribution is -2.56. The molecule has 2 saturated heterocycles. The Kier molecular flexibility index (Phi) is 4.97. The standard InChI is InChI=1S/C13H25N3O2/c1-15-10-7-11-3-2-4-12(8-10)16(11)5-6-18-9-13(14)17/h10-12,15H,2-9H2,1H3,(H2,14,17). The van der Waals surface area contributed by atoms with Crippen LogP contribution in [0.3, 0.4) is 0 Å². The molecular weight excluding hydrogens is 230 g/mol. The molecule has 2 rings (SSSR count). The quantitative estimate of drug-likeness (QED) is 0.660. The number of piperidine rings is 2. The highest BCUT2D eigenvalue weighted by Gasteiger charge is 2.37. The number of ether oxygens (including phenoxy) is 1. The zero-order valence-electron chi connectivity index (χ0n) is 11.2. The zero-order chi connectivity index (χ0) is 13.0. The Bertz CT molecular complexity index is 271. The molecule has 0 radical (unpaired) electrons. The number of carbonyl (C=O) groups is 1. The highest BCUT2D eigenvalue weighted by Crippen LogP contribution is 2.33. The van der Waals surface area contributed by atoms with Crippen LogP contribution in [0.1, 0.15) is 32.1 Å². The van der Waals surface area contributed by atoms with Gasteiger partial charge in [0.1, 0.15) is 6.61 Å². The van der Waals surface area contributed by atoms with Gasteiger partial charge in [-0.3, -0.25) is 9.69 Å². The summed E-state index contributed by atoms with van der Waals surface area (Å²) >= 11 is 0. The monoisotopic (exact) mass is 255 g/mol. The van der Waals surface area contributed by atoms with Crippen molar-refractivity contribution in [3.05, 3.63) is 0 Å². The Morgan fingerprint density at radius 2 is 2.06 bits per heavy atom. The normalized spacial score (nSPS) is 32.4. The summed E-state index contributed by atoms with van der Waals surface area (Å²) in [5.41, 5.74) is 5.05. The predicted octanol–water partition coefficient (Wildman–Crippen LogP) is 0.0932. The van der Waals surface area contributed by atoms with E-state index < -0.39 is 0 Å². The number of rotatable bonds is 6. The van der Waals surface area contributed by atoms with E-state index in [0.29, 0.717) is 24.7 Å². The summed E-state index contributed by atoms with van der Waals surface area (Å²) in [5, 5.41) is 3.42. The molecular formula is C13H25N3O2. The number of nitrogens with two attached hydrogens (primary N) is 1. The first-order valence-electron chi connectivity index (χ1n) is 6.99. The molecule has 0 aliphatic carbocycles. The van der Waals surface area contributed by atoms with Crippen molar-refractivity contribution in [2.45, 2.75) is 50.2 Å². The molecule has 2 fully saturated rings. The summed E-state index contributed by atoms with van der Waals surface area (Å²) in [5.74, 6) is -0.385. The molecule has 0 aromatic rings. The van der Waals surface area contributed by atoms with Crippen molar-refractivity contribution in [1.82, 2.24) is 10.2 Å². The van der Waals surface area contributed by atoms with E-state index in [1.54, 1.807) is 0 Å². The summed E-state index contributed by atoms with van der Waals surface area (Å²) in [4.78, 5) is 13.2. The summed E-state index contributed by atoms with van der Waals surface area (Å²) in [7, 11) is 2.06. The smallest absolute Gasteiger partial charge is 0.243 e. The van der Waals surface area contributed by atoms with Gasteiger partial charge in [-0.15, -0.1) is 0 Å². The third kappa shape index (κ3) is 3.43. The molecule has 0 spiro atoms. The first kappa shape index (κ1) is 13.8. The third-order valence-corrected chi connectivity index (χ3v) is 4.27. The van der Waals surface area contributed by atoms with Gasteiger partial charge in [0.15, 0.2) is 0 Å². The van der Waals surface area contributed by atoms with Crippen LogP contribution in [-0.2, 0) is 9.53 Å². The maximum Gasteiger partial charge on any atom is 0.243 e. The SMILES string of the molecule is CNC1CC2CCCC(C1)N2CCOCC(N)=O. The molecule has 0 aromatic carbocycles. The molecule has 2 heterocycles. The van der Waals surface area contributed by atoms with Gasteiger partial charge in [-0.25, -0.2) is 0 Å². The van der Waals surface area contributed by atoms with E-state index >= 15 is 0 Å². The average molecular weight is 255 g/mol. The van der Waals surface area contributed by atoms with E-state index in [4.69, 9.17) is 10.5 Å². The molecule has 18 heavy (non-hydrogen) atoms. The minimum Gasteiger partial charge on any atom is -0.370 e. The van der Waals surface area contributed by atoms with Crippen LogP contribution in [0.4, 0.5) is 0 Å². The fourth-order valence-corrected chi connectivity index (χ4v) is 3.42. The molecule has 2 aliphatic heterocycles. The van der Waals surface area contributed by atoms with Gasteiger partial charge in [-0.2, -0.15) is 0 Å². The Morgan fingerprint density at radius 1 is 1.39 bits per heavy atom. The lowest BCUT2D eigenvalue weighted by Gasteiger charge is -2.49. The summed E-state index contributed by atoms with van der Waals surface area (Å²) in [6, 6.07) is 2.04. The molecule has 5 heteroatoms. The van der Waals surface area contributed by atoms with Crippen LogP contribution in [0.2, 0.25) is 0 Å². The van der Waals surface area contributed by atoms with Crippen LogP contribution in [0.5, 0.6) is 0 Å². The van der Waals surface area contributed by atoms with Crippen molar-refractivity contribution < 1.29 is 9.53 Å². The number of hydrogen-bond acceptors (Lipinski definition) is 4. The second kappa shape index (κ2) is 6.50. The van der Waals surface area contributed by atoms with Crippen molar-refractivity contribution in [1.29, 1.82) is 0 Å². The van der Waals surface area contributed by atoms with Gasteiger partial charge in [-0.05, 0) is 32.7 Å². The van der Waals surface area contributed by atoms with Crippen LogP contribution in [0.25, 0.3) is 0 Å². The Hall–Kier alpha value is -0.650. The molecule has 5 nitrogen and oxygen atoms in total. The second-order valence-electron chi connectivity index (χ2n) is 5.45. The van der Waals surface area contributed by atoms with Gasteiger partial charge in [0, 0.05) is 24.7 Å². The van der Waals surface area contributed by atoms with Crippen LogP contribution in [0, 0.1) is 0 Å². The first-order chi connectivity index (χ1) is 8.70. The average Bonchev–Trinajstić information content (AvgIpc) is 2.33. The molecule has 3 N–H and O–H groups in total. The minimum absolute atomic E-state index is 0.0440. The lowest BCUT2D eigenvalue weighted by atomic mass is 9.82. The molecule has 0 aromatic heterocycles. The fraction of sp³-hybridized carbons (Fsp3) is 0.923. The third-order valence-electron chi connectivity index (χ3n) is 4.27. The van der Waals surface area contributed by atoms with Gasteiger partial charge in [0.25, 0.3) is 0 Å². The van der Waals surface area contributed by atoms with Crippen molar-refractivity contribution in [3.8, 4) is 0 Å². The highest BCUT2D eigenvalue weighted by molar-refractivity contribution is 5.74. The Morgan fingerprint density at radius 3 is 2.61 bits per heavy atom. The number of amides is 1. The number of hydrogen-bond donors (Lipinski definition) is 2. The van der Waals surface area contributed by atoms with Crippen molar-refractivity contribution >= 4 is 5.91 Å². The van der Waals surface area contributed by atoms with Crippen LogP contribution < -0.4 is 11.1 Å². The van der Waals surface area contributed by atoms with E-state index in [2.05, 4.69) is 17.3 Å². The number of nitrogens with zero attached hydrogens (tertiary/aromatic N) is 1. The fourth-order valence-electron chi connectivity index (χ4n) is 3.42. The van der Waals surface area contributed by atoms with Gasteiger partial charge in [-0.1, -0.05) is 6.42 Å². The lowest BCUT2D eigenvalue weighted by molar-refractivity contribution is -0.122. The Balaban J connectivity index is 1.79. The topological polar surface area (TPSA) is 67.6 Å². The maximum absolute atomic E-state index is 10.6. The van der Waals surface area contributed by atoms with E-state index in [9.17, 15) is 4.79 Å². The molecule has 2 bridgehead atoms. The van der Waals surface area contributed by atoms with Crippen LogP contribution in [0.15, 0.2) is 0 Å². The van der Waals surface area contributed by atoms with Crippen molar-refractivity contribution in [2.24, 2.45) is 5.73 Å². The molecule has 2 unspecified atom stereocenters. The van der Waals surface area contributed by atoms with Crippen LogP contribution in [-0.4, -0.2) is 55.7 Å². The number of nitrogens with one attached hydrogen (secondary N) is 1. The number of carbonyl (C=O) groups excluding carboxylic acids is 1. The number of primary amides is 1. The van der Waals surface area contributed by atoms with Crippen LogP contribution >= 0.6 is 0 Å². The Labute approximate surface area is 109 Å². The van der Waals surface area contributed by atoms with E-state index in [1.165, 1.54) is 32.1 Å².